The molecule has 0 aliphatic rings. The molecule has 0 rings (SSSR count). The van der Waals surface area contributed by atoms with Crippen LogP contribution in [0.15, 0.2) is 0 Å². The van der Waals surface area contributed by atoms with Crippen molar-refractivity contribution in [2.24, 2.45) is 11.5 Å². The first-order valence-corrected chi connectivity index (χ1v) is 5.43. The maximum absolute atomic E-state index is 9.19. The first kappa shape index (κ1) is 22.7. The van der Waals surface area contributed by atoms with Gasteiger partial charge in [0.15, 0.2) is 0 Å². The van der Waals surface area contributed by atoms with Crippen molar-refractivity contribution >= 4 is 21.4 Å². The standard InChI is InChI=1S/C5H16BN5O.2CH3BO/c1-6(12)11(4-9-2-7)5-10-3-8;2*1-2-3/h12H,2-5,7-8H2,1H3;2*1H3/q-2;;. The number of hydrogen-bond donors (Lipinski definition) is 3. The van der Waals surface area contributed by atoms with E-state index in [1.54, 1.807) is 11.6 Å². The molecule has 0 aromatic rings. The van der Waals surface area contributed by atoms with Gasteiger partial charge in [-0.2, -0.15) is 0 Å². The van der Waals surface area contributed by atoms with E-state index in [0.29, 0.717) is 13.3 Å². The molecule has 11 heteroatoms. The summed E-state index contributed by atoms with van der Waals surface area (Å²) < 4.78 is 17.6. The van der Waals surface area contributed by atoms with Crippen LogP contribution in [-0.4, -0.2) is 57.9 Å². The first-order valence-electron chi connectivity index (χ1n) is 5.43. The molecule has 0 spiro atoms. The second-order valence-electron chi connectivity index (χ2n) is 2.79. The van der Waals surface area contributed by atoms with Gasteiger partial charge in [0, 0.05) is 0 Å². The van der Waals surface area contributed by atoms with Gasteiger partial charge in [0.1, 0.15) is 0 Å². The zero-order valence-corrected chi connectivity index (χ0v) is 11.3. The Balaban J connectivity index is -0.000000315. The van der Waals surface area contributed by atoms with E-state index in [1.165, 1.54) is 13.6 Å². The molecule has 0 aliphatic heterocycles. The van der Waals surface area contributed by atoms with E-state index in [-0.39, 0.29) is 13.3 Å². The molecule has 8 nitrogen and oxygen atoms in total. The number of nitrogens with two attached hydrogens (primary N) is 2. The SMILES string of the molecule is CB(O)N(C[N-]CN)C[N-]CN.CB=O.CB=O. The molecule has 0 fully saturated rings. The van der Waals surface area contributed by atoms with Crippen molar-refractivity contribution in [1.82, 2.24) is 4.81 Å². The molecule has 104 valence electrons. The number of nitrogens with zero attached hydrogens (tertiary/aromatic N) is 3. The summed E-state index contributed by atoms with van der Waals surface area (Å²) in [5, 5.41) is 17.0. The topological polar surface area (TPSA) is 138 Å². The van der Waals surface area contributed by atoms with Gasteiger partial charge in [-0.1, -0.05) is 13.3 Å². The molecule has 0 aromatic carbocycles. The Morgan fingerprint density at radius 1 is 1.11 bits per heavy atom. The van der Waals surface area contributed by atoms with E-state index in [0.717, 1.165) is 14.3 Å². The van der Waals surface area contributed by atoms with E-state index in [1.807, 2.05) is 0 Å². The fraction of sp³-hybridized carbons (Fsp3) is 1.00. The molecular formula is C7H22B3N5O3-2. The molecular weight excluding hydrogens is 235 g/mol. The van der Waals surface area contributed by atoms with Crippen LogP contribution in [0, 0.1) is 0 Å². The summed E-state index contributed by atoms with van der Waals surface area (Å²) in [6.07, 6.45) is 0. The van der Waals surface area contributed by atoms with Gasteiger partial charge in [-0.15, -0.1) is 13.3 Å². The van der Waals surface area contributed by atoms with Gasteiger partial charge in [-0.05, 0) is 6.82 Å². The van der Waals surface area contributed by atoms with E-state index in [9.17, 15) is 5.02 Å². The minimum atomic E-state index is -0.574. The molecule has 0 bridgehead atoms. The number of hydrogen-bond acceptors (Lipinski definition) is 6. The molecule has 0 saturated carbocycles. The predicted octanol–water partition coefficient (Wildman–Crippen LogP) is -0.938. The van der Waals surface area contributed by atoms with E-state index in [4.69, 9.17) is 20.9 Å². The Kier molecular flexibility index (Phi) is 27.5. The molecule has 0 unspecified atom stereocenters. The molecule has 5 N–H and O–H groups in total. The van der Waals surface area contributed by atoms with E-state index < -0.39 is 7.05 Å². The van der Waals surface area contributed by atoms with Crippen LogP contribution in [0.2, 0.25) is 20.5 Å². The molecule has 18 heavy (non-hydrogen) atoms. The summed E-state index contributed by atoms with van der Waals surface area (Å²) >= 11 is 0. The minimum absolute atomic E-state index is 0.256. The quantitative estimate of drug-likeness (QED) is 0.503. The van der Waals surface area contributed by atoms with Crippen LogP contribution in [-0.2, 0) is 9.41 Å². The fourth-order valence-electron chi connectivity index (χ4n) is 0.653. The zero-order chi connectivity index (χ0) is 14.8. The van der Waals surface area contributed by atoms with Crippen LogP contribution in [0.3, 0.4) is 0 Å². The van der Waals surface area contributed by atoms with Gasteiger partial charge in [-0.3, -0.25) is 0 Å². The second-order valence-corrected chi connectivity index (χ2v) is 2.79. The predicted molar refractivity (Wildman–Crippen MR) is 74.8 cm³/mol. The van der Waals surface area contributed by atoms with Crippen LogP contribution in [0.25, 0.3) is 10.6 Å². The Hall–Kier alpha value is -0.445. The van der Waals surface area contributed by atoms with Gasteiger partial charge >= 0.3 is 44.4 Å². The summed E-state index contributed by atoms with van der Waals surface area (Å²) in [4.78, 5) is 1.65. The van der Waals surface area contributed by atoms with Gasteiger partial charge in [0.2, 0.25) is 0 Å². The Morgan fingerprint density at radius 2 is 1.39 bits per heavy atom. The molecule has 0 aromatic heterocycles. The number of rotatable bonds is 7. The average molecular weight is 257 g/mol. The van der Waals surface area contributed by atoms with Crippen molar-refractivity contribution < 1.29 is 14.4 Å². The maximum atomic E-state index is 9.19. The Morgan fingerprint density at radius 3 is 1.56 bits per heavy atom. The van der Waals surface area contributed by atoms with Crippen molar-refractivity contribution in [2.75, 3.05) is 26.7 Å². The monoisotopic (exact) mass is 257 g/mol. The average Bonchev–Trinajstić information content (AvgIpc) is 2.31. The summed E-state index contributed by atoms with van der Waals surface area (Å²) in [7, 11) is 0.926. The summed E-state index contributed by atoms with van der Waals surface area (Å²) in [5.41, 5.74) is 10.4. The van der Waals surface area contributed by atoms with Gasteiger partial charge in [0.05, 0.1) is 0 Å². The molecule has 0 atom stereocenters. The van der Waals surface area contributed by atoms with Crippen molar-refractivity contribution in [2.45, 2.75) is 20.5 Å². The van der Waals surface area contributed by atoms with Crippen LogP contribution in [0.4, 0.5) is 0 Å². The van der Waals surface area contributed by atoms with Crippen molar-refractivity contribution in [1.29, 1.82) is 0 Å². The third-order valence-electron chi connectivity index (χ3n) is 1.35. The van der Waals surface area contributed by atoms with Crippen molar-refractivity contribution in [3.8, 4) is 0 Å². The normalized spacial score (nSPS) is 8.17. The first-order chi connectivity index (χ1) is 8.55. The summed E-state index contributed by atoms with van der Waals surface area (Å²) in [6, 6.07) is 0. The zero-order valence-electron chi connectivity index (χ0n) is 11.3. The van der Waals surface area contributed by atoms with Crippen molar-refractivity contribution in [3.05, 3.63) is 10.6 Å². The van der Waals surface area contributed by atoms with Gasteiger partial charge in [-0.25, -0.2) is 0 Å². The fourth-order valence-corrected chi connectivity index (χ4v) is 0.653. The third-order valence-corrected chi connectivity index (χ3v) is 1.35. The molecule has 0 amide bonds. The van der Waals surface area contributed by atoms with Crippen LogP contribution < -0.4 is 11.5 Å². The summed E-state index contributed by atoms with van der Waals surface area (Å²) in [6.45, 7) is 5.82. The van der Waals surface area contributed by atoms with E-state index >= 15 is 0 Å². The Labute approximate surface area is 110 Å². The van der Waals surface area contributed by atoms with Gasteiger partial charge in [0.25, 0.3) is 0 Å². The Bertz CT molecular complexity index is 164. The molecule has 0 saturated heterocycles. The molecule has 0 heterocycles. The second kappa shape index (κ2) is 21.8. The van der Waals surface area contributed by atoms with Crippen LogP contribution in [0.5, 0.6) is 0 Å². The molecule has 0 radical (unpaired) electrons. The van der Waals surface area contributed by atoms with Gasteiger partial charge < -0.3 is 31.9 Å². The van der Waals surface area contributed by atoms with Crippen molar-refractivity contribution in [3.63, 3.8) is 0 Å². The van der Waals surface area contributed by atoms with Crippen LogP contribution in [0.1, 0.15) is 0 Å². The van der Waals surface area contributed by atoms with Crippen LogP contribution >= 0.6 is 0 Å². The summed E-state index contributed by atoms with van der Waals surface area (Å²) in [5.74, 6) is 0. The van der Waals surface area contributed by atoms with E-state index in [2.05, 4.69) is 10.6 Å². The molecule has 0 aliphatic carbocycles. The third kappa shape index (κ3) is 24.7.